The van der Waals surface area contributed by atoms with E-state index in [1.54, 1.807) is 12.4 Å². The van der Waals surface area contributed by atoms with Gasteiger partial charge in [0.15, 0.2) is 0 Å². The number of pyridine rings is 1. The van der Waals surface area contributed by atoms with Crippen LogP contribution in [-0.4, -0.2) is 23.0 Å². The zero-order valence-corrected chi connectivity index (χ0v) is 11.6. The second-order valence-corrected chi connectivity index (χ2v) is 5.72. The molecule has 4 heteroatoms. The molecule has 2 rings (SSSR count). The van der Waals surface area contributed by atoms with Crippen molar-refractivity contribution in [1.29, 1.82) is 0 Å². The lowest BCUT2D eigenvalue weighted by atomic mass is 9.76. The molecule has 1 heterocycles. The highest BCUT2D eigenvalue weighted by molar-refractivity contribution is 5.86. The summed E-state index contributed by atoms with van der Waals surface area (Å²) in [7, 11) is 0. The number of aromatic nitrogens is 1. The Kier molecular flexibility index (Phi) is 4.53. The topological polar surface area (TPSA) is 68.0 Å². The van der Waals surface area contributed by atoms with Crippen LogP contribution in [0, 0.1) is 5.92 Å². The van der Waals surface area contributed by atoms with E-state index >= 15 is 0 Å². The molecule has 0 aliphatic heterocycles. The third kappa shape index (κ3) is 3.77. The van der Waals surface area contributed by atoms with Crippen molar-refractivity contribution in [3.8, 4) is 0 Å². The summed E-state index contributed by atoms with van der Waals surface area (Å²) >= 11 is 0. The van der Waals surface area contributed by atoms with Crippen molar-refractivity contribution in [1.82, 2.24) is 10.3 Å². The van der Waals surface area contributed by atoms with Crippen LogP contribution in [-0.2, 0) is 11.2 Å². The maximum atomic E-state index is 12.2. The van der Waals surface area contributed by atoms with E-state index in [0.717, 1.165) is 25.7 Å². The highest BCUT2D eigenvalue weighted by Gasteiger charge is 2.37. The molecule has 0 saturated heterocycles. The van der Waals surface area contributed by atoms with Gasteiger partial charge >= 0.3 is 0 Å². The predicted molar refractivity (Wildman–Crippen MR) is 75.5 cm³/mol. The molecular formula is C15H23N3O. The van der Waals surface area contributed by atoms with Gasteiger partial charge in [-0.15, -0.1) is 0 Å². The minimum Gasteiger partial charge on any atom is -0.354 e. The molecule has 3 N–H and O–H groups in total. The van der Waals surface area contributed by atoms with Crippen molar-refractivity contribution in [2.45, 2.75) is 44.6 Å². The molecule has 4 nitrogen and oxygen atoms in total. The molecule has 1 fully saturated rings. The van der Waals surface area contributed by atoms with Gasteiger partial charge < -0.3 is 11.1 Å². The van der Waals surface area contributed by atoms with E-state index in [-0.39, 0.29) is 5.91 Å². The van der Waals surface area contributed by atoms with Gasteiger partial charge in [-0.05, 0) is 42.9 Å². The smallest absolute Gasteiger partial charge is 0.240 e. The standard InChI is InChI=1S/C15H23N3O/c1-12-3-2-7-15(16,11-12)14(19)18-10-6-13-4-8-17-9-5-13/h4-5,8-9,12H,2-3,6-7,10-11,16H2,1H3,(H,18,19). The van der Waals surface area contributed by atoms with Gasteiger partial charge in [0.05, 0.1) is 5.54 Å². The minimum absolute atomic E-state index is 0.00751. The van der Waals surface area contributed by atoms with Crippen LogP contribution >= 0.6 is 0 Å². The SMILES string of the molecule is CC1CCCC(N)(C(=O)NCCc2ccncc2)C1. The molecule has 1 amide bonds. The van der Waals surface area contributed by atoms with Gasteiger partial charge in [0, 0.05) is 18.9 Å². The number of carbonyl (C=O) groups excluding carboxylic acids is 1. The average molecular weight is 261 g/mol. The zero-order chi connectivity index (χ0) is 13.7. The van der Waals surface area contributed by atoms with Crippen LogP contribution in [0.2, 0.25) is 0 Å². The Labute approximate surface area is 114 Å². The summed E-state index contributed by atoms with van der Waals surface area (Å²) in [6.07, 6.45) is 8.19. The summed E-state index contributed by atoms with van der Waals surface area (Å²) in [6, 6.07) is 3.93. The number of nitrogens with two attached hydrogens (primary N) is 1. The Morgan fingerprint density at radius 1 is 1.53 bits per heavy atom. The third-order valence-corrected chi connectivity index (χ3v) is 3.93. The van der Waals surface area contributed by atoms with Gasteiger partial charge in [-0.2, -0.15) is 0 Å². The summed E-state index contributed by atoms with van der Waals surface area (Å²) in [6.45, 7) is 2.81. The molecule has 19 heavy (non-hydrogen) atoms. The zero-order valence-electron chi connectivity index (χ0n) is 11.6. The molecule has 1 aromatic heterocycles. The van der Waals surface area contributed by atoms with E-state index < -0.39 is 5.54 Å². The Morgan fingerprint density at radius 3 is 2.95 bits per heavy atom. The van der Waals surface area contributed by atoms with Crippen molar-refractivity contribution in [2.24, 2.45) is 11.7 Å². The summed E-state index contributed by atoms with van der Waals surface area (Å²) in [5.41, 5.74) is 6.77. The molecule has 0 spiro atoms. The fourth-order valence-corrected chi connectivity index (χ4v) is 2.84. The van der Waals surface area contributed by atoms with Crippen LogP contribution < -0.4 is 11.1 Å². The van der Waals surface area contributed by atoms with Crippen LogP contribution in [0.3, 0.4) is 0 Å². The maximum Gasteiger partial charge on any atom is 0.240 e. The highest BCUT2D eigenvalue weighted by Crippen LogP contribution is 2.30. The van der Waals surface area contributed by atoms with Crippen molar-refractivity contribution in [3.63, 3.8) is 0 Å². The van der Waals surface area contributed by atoms with Gasteiger partial charge in [-0.25, -0.2) is 0 Å². The quantitative estimate of drug-likeness (QED) is 0.866. The second kappa shape index (κ2) is 6.15. The second-order valence-electron chi connectivity index (χ2n) is 5.72. The molecule has 1 aliphatic carbocycles. The number of carbonyl (C=O) groups is 1. The van der Waals surface area contributed by atoms with Crippen LogP contribution in [0.5, 0.6) is 0 Å². The Balaban J connectivity index is 1.81. The Bertz CT molecular complexity index is 421. The first-order valence-electron chi connectivity index (χ1n) is 7.06. The van der Waals surface area contributed by atoms with Gasteiger partial charge in [0.2, 0.25) is 5.91 Å². The maximum absolute atomic E-state index is 12.2. The monoisotopic (exact) mass is 261 g/mol. The van der Waals surface area contributed by atoms with Gasteiger partial charge in [0.1, 0.15) is 0 Å². The molecular weight excluding hydrogens is 238 g/mol. The molecule has 1 saturated carbocycles. The number of hydrogen-bond acceptors (Lipinski definition) is 3. The van der Waals surface area contributed by atoms with Crippen LogP contribution in [0.4, 0.5) is 0 Å². The predicted octanol–water partition coefficient (Wildman–Crippen LogP) is 1.65. The largest absolute Gasteiger partial charge is 0.354 e. The normalized spacial score (nSPS) is 26.9. The first-order chi connectivity index (χ1) is 9.10. The average Bonchev–Trinajstić information content (AvgIpc) is 2.39. The van der Waals surface area contributed by atoms with Gasteiger partial charge in [-0.3, -0.25) is 9.78 Å². The first-order valence-corrected chi connectivity index (χ1v) is 7.06. The molecule has 104 valence electrons. The first kappa shape index (κ1) is 14.0. The fourth-order valence-electron chi connectivity index (χ4n) is 2.84. The van der Waals surface area contributed by atoms with Crippen molar-refractivity contribution in [2.75, 3.05) is 6.54 Å². The van der Waals surface area contributed by atoms with Crippen molar-refractivity contribution < 1.29 is 4.79 Å². The minimum atomic E-state index is -0.657. The van der Waals surface area contributed by atoms with Gasteiger partial charge in [0.25, 0.3) is 0 Å². The molecule has 0 aromatic carbocycles. The number of hydrogen-bond donors (Lipinski definition) is 2. The fraction of sp³-hybridized carbons (Fsp3) is 0.600. The number of nitrogens with zero attached hydrogens (tertiary/aromatic N) is 1. The summed E-state index contributed by atoms with van der Waals surface area (Å²) < 4.78 is 0. The van der Waals surface area contributed by atoms with Crippen molar-refractivity contribution >= 4 is 5.91 Å². The summed E-state index contributed by atoms with van der Waals surface area (Å²) in [5, 5.41) is 2.98. The summed E-state index contributed by atoms with van der Waals surface area (Å²) in [4.78, 5) is 16.2. The Morgan fingerprint density at radius 2 is 2.26 bits per heavy atom. The summed E-state index contributed by atoms with van der Waals surface area (Å²) in [5.74, 6) is 0.554. The van der Waals surface area contributed by atoms with Crippen LogP contribution in [0.15, 0.2) is 24.5 Å². The third-order valence-electron chi connectivity index (χ3n) is 3.93. The van der Waals surface area contributed by atoms with Crippen LogP contribution in [0.25, 0.3) is 0 Å². The Hall–Kier alpha value is -1.42. The van der Waals surface area contributed by atoms with Gasteiger partial charge in [-0.1, -0.05) is 19.8 Å². The molecule has 1 aromatic rings. The molecule has 0 bridgehead atoms. The highest BCUT2D eigenvalue weighted by atomic mass is 16.2. The molecule has 2 unspecified atom stereocenters. The van der Waals surface area contributed by atoms with E-state index in [9.17, 15) is 4.79 Å². The lowest BCUT2D eigenvalue weighted by Crippen LogP contribution is -2.56. The van der Waals surface area contributed by atoms with Crippen LogP contribution in [0.1, 0.15) is 38.2 Å². The van der Waals surface area contributed by atoms with E-state index in [1.807, 2.05) is 12.1 Å². The van der Waals surface area contributed by atoms with Crippen molar-refractivity contribution in [3.05, 3.63) is 30.1 Å². The number of nitrogens with one attached hydrogen (secondary N) is 1. The van der Waals surface area contributed by atoms with E-state index in [1.165, 1.54) is 12.0 Å². The number of rotatable bonds is 4. The van der Waals surface area contributed by atoms with E-state index in [0.29, 0.717) is 12.5 Å². The number of amides is 1. The molecule has 0 radical (unpaired) electrons. The van der Waals surface area contributed by atoms with E-state index in [4.69, 9.17) is 5.73 Å². The lowest BCUT2D eigenvalue weighted by molar-refractivity contribution is -0.128. The lowest BCUT2D eigenvalue weighted by Gasteiger charge is -2.35. The van der Waals surface area contributed by atoms with E-state index in [2.05, 4.69) is 17.2 Å². The molecule has 2 atom stereocenters. The molecule has 1 aliphatic rings.